The monoisotopic (exact) mass is 336 g/mol. The molecule has 0 aromatic heterocycles. The van der Waals surface area contributed by atoms with Crippen molar-refractivity contribution < 1.29 is 19.5 Å². The average molecular weight is 337 g/mol. The van der Waals surface area contributed by atoms with Crippen LogP contribution < -0.4 is 4.90 Å². The lowest BCUT2D eigenvalue weighted by molar-refractivity contribution is -0.141. The maximum absolute atomic E-state index is 12.5. The van der Waals surface area contributed by atoms with Gasteiger partial charge in [0.1, 0.15) is 0 Å². The molecule has 2 fully saturated rings. The molecule has 0 saturated carbocycles. The molecule has 6 nitrogen and oxygen atoms in total. The molecule has 122 valence electrons. The van der Waals surface area contributed by atoms with Crippen LogP contribution in [0.1, 0.15) is 12.8 Å². The van der Waals surface area contributed by atoms with Crippen LogP contribution in [-0.4, -0.2) is 47.4 Å². The number of carboxylic acids is 1. The lowest BCUT2D eigenvalue weighted by atomic mass is 10.1. The fraction of sp³-hybridized carbons (Fsp3) is 0.438. The lowest BCUT2D eigenvalue weighted by Gasteiger charge is -2.21. The van der Waals surface area contributed by atoms with Gasteiger partial charge in [0.25, 0.3) is 0 Å². The zero-order chi connectivity index (χ0) is 16.6. The normalized spacial score (nSPS) is 24.3. The first kappa shape index (κ1) is 15.8. The molecule has 0 bridgehead atoms. The third-order valence-electron chi connectivity index (χ3n) is 4.46. The zero-order valence-electron chi connectivity index (χ0n) is 12.4. The number of aliphatic carboxylic acids is 1. The number of rotatable bonds is 3. The summed E-state index contributed by atoms with van der Waals surface area (Å²) < 4.78 is 0. The van der Waals surface area contributed by atoms with Gasteiger partial charge in [-0.05, 0) is 30.7 Å². The van der Waals surface area contributed by atoms with Crippen molar-refractivity contribution >= 4 is 35.1 Å². The second kappa shape index (κ2) is 6.20. The van der Waals surface area contributed by atoms with Gasteiger partial charge in [-0.3, -0.25) is 14.4 Å². The van der Waals surface area contributed by atoms with E-state index in [0.717, 1.165) is 5.69 Å². The summed E-state index contributed by atoms with van der Waals surface area (Å²) in [6.45, 7) is 1.01. The summed E-state index contributed by atoms with van der Waals surface area (Å²) in [5, 5.41) is 9.61. The summed E-state index contributed by atoms with van der Waals surface area (Å²) in [6, 6.07) is 6.92. The highest BCUT2D eigenvalue weighted by Gasteiger charge is 2.40. The molecule has 3 rings (SSSR count). The topological polar surface area (TPSA) is 77.9 Å². The molecule has 0 radical (unpaired) electrons. The Morgan fingerprint density at radius 2 is 1.83 bits per heavy atom. The molecule has 2 heterocycles. The predicted molar refractivity (Wildman–Crippen MR) is 84.2 cm³/mol. The van der Waals surface area contributed by atoms with E-state index in [9.17, 15) is 14.4 Å². The van der Waals surface area contributed by atoms with Crippen molar-refractivity contribution in [1.82, 2.24) is 4.90 Å². The summed E-state index contributed by atoms with van der Waals surface area (Å²) in [5.74, 6) is -2.00. The van der Waals surface area contributed by atoms with Gasteiger partial charge in [-0.25, -0.2) is 0 Å². The van der Waals surface area contributed by atoms with Crippen LogP contribution in [0.15, 0.2) is 24.3 Å². The summed E-state index contributed by atoms with van der Waals surface area (Å²) in [4.78, 5) is 38.9. The van der Waals surface area contributed by atoms with Gasteiger partial charge in [0.15, 0.2) is 0 Å². The number of benzene rings is 1. The molecule has 2 saturated heterocycles. The molecule has 2 amide bonds. The van der Waals surface area contributed by atoms with Crippen molar-refractivity contribution in [2.75, 3.05) is 24.5 Å². The first-order chi connectivity index (χ1) is 11.0. The first-order valence-corrected chi connectivity index (χ1v) is 7.91. The number of carbonyl (C=O) groups is 3. The number of carboxylic acid groups (broad SMARTS) is 1. The minimum absolute atomic E-state index is 0.0975. The molecule has 1 N–H and O–H groups in total. The predicted octanol–water partition coefficient (Wildman–Crippen LogP) is 1.63. The Balaban J connectivity index is 1.66. The molecule has 0 aliphatic carbocycles. The summed E-state index contributed by atoms with van der Waals surface area (Å²) >= 11 is 5.85. The van der Waals surface area contributed by atoms with Crippen LogP contribution in [0.4, 0.5) is 5.69 Å². The number of carbonyl (C=O) groups excluding carboxylic acids is 2. The second-order valence-corrected chi connectivity index (χ2v) is 6.43. The number of anilines is 1. The Bertz CT molecular complexity index is 646. The Hall–Kier alpha value is -2.08. The van der Waals surface area contributed by atoms with E-state index >= 15 is 0 Å². The van der Waals surface area contributed by atoms with Gasteiger partial charge in [0, 0.05) is 36.8 Å². The highest BCUT2D eigenvalue weighted by Crippen LogP contribution is 2.29. The smallest absolute Gasteiger partial charge is 0.308 e. The van der Waals surface area contributed by atoms with Crippen LogP contribution in [0.5, 0.6) is 0 Å². The Labute approximate surface area is 138 Å². The Morgan fingerprint density at radius 1 is 1.13 bits per heavy atom. The highest BCUT2D eigenvalue weighted by molar-refractivity contribution is 6.30. The Kier molecular flexibility index (Phi) is 4.26. The third kappa shape index (κ3) is 3.17. The molecule has 2 atom stereocenters. The number of nitrogens with zero attached hydrogens (tertiary/aromatic N) is 2. The van der Waals surface area contributed by atoms with Crippen LogP contribution >= 0.6 is 11.6 Å². The largest absolute Gasteiger partial charge is 0.481 e. The van der Waals surface area contributed by atoms with Crippen LogP contribution in [0.3, 0.4) is 0 Å². The second-order valence-electron chi connectivity index (χ2n) is 5.99. The van der Waals surface area contributed by atoms with E-state index < -0.39 is 17.8 Å². The van der Waals surface area contributed by atoms with E-state index in [0.29, 0.717) is 24.5 Å². The first-order valence-electron chi connectivity index (χ1n) is 7.53. The zero-order valence-corrected chi connectivity index (χ0v) is 13.2. The minimum Gasteiger partial charge on any atom is -0.481 e. The lowest BCUT2D eigenvalue weighted by Crippen LogP contribution is -2.36. The van der Waals surface area contributed by atoms with Crippen molar-refractivity contribution in [1.29, 1.82) is 0 Å². The van der Waals surface area contributed by atoms with Crippen molar-refractivity contribution in [2.24, 2.45) is 11.8 Å². The molecule has 7 heteroatoms. The molecular weight excluding hydrogens is 320 g/mol. The molecule has 1 aromatic carbocycles. The fourth-order valence-electron chi connectivity index (χ4n) is 3.16. The van der Waals surface area contributed by atoms with Gasteiger partial charge in [0.2, 0.25) is 11.8 Å². The number of likely N-dealkylation sites (tertiary alicyclic amines) is 1. The number of halogens is 1. The van der Waals surface area contributed by atoms with E-state index in [1.165, 1.54) is 0 Å². The Morgan fingerprint density at radius 3 is 2.43 bits per heavy atom. The van der Waals surface area contributed by atoms with Crippen molar-refractivity contribution in [3.8, 4) is 0 Å². The van der Waals surface area contributed by atoms with Gasteiger partial charge in [-0.15, -0.1) is 0 Å². The van der Waals surface area contributed by atoms with Gasteiger partial charge < -0.3 is 14.9 Å². The maximum atomic E-state index is 12.5. The molecule has 2 aliphatic rings. The summed E-state index contributed by atoms with van der Waals surface area (Å²) in [7, 11) is 0. The molecule has 0 unspecified atom stereocenters. The minimum atomic E-state index is -0.870. The van der Waals surface area contributed by atoms with Crippen molar-refractivity contribution in [3.05, 3.63) is 29.3 Å². The van der Waals surface area contributed by atoms with Crippen molar-refractivity contribution in [2.45, 2.75) is 12.8 Å². The molecule has 0 spiro atoms. The van der Waals surface area contributed by atoms with Crippen molar-refractivity contribution in [3.63, 3.8) is 0 Å². The number of amides is 2. The van der Waals surface area contributed by atoms with E-state index in [2.05, 4.69) is 0 Å². The van der Waals surface area contributed by atoms with Gasteiger partial charge in [-0.1, -0.05) is 11.6 Å². The number of hydrogen-bond acceptors (Lipinski definition) is 3. The van der Waals surface area contributed by atoms with Gasteiger partial charge in [0.05, 0.1) is 11.8 Å². The van der Waals surface area contributed by atoms with E-state index in [1.807, 2.05) is 0 Å². The van der Waals surface area contributed by atoms with E-state index in [4.69, 9.17) is 16.7 Å². The van der Waals surface area contributed by atoms with E-state index in [-0.39, 0.29) is 24.8 Å². The van der Waals surface area contributed by atoms with Crippen LogP contribution in [0, 0.1) is 11.8 Å². The third-order valence-corrected chi connectivity index (χ3v) is 4.71. The SMILES string of the molecule is O=C(O)[C@@H]1CCN(C(=O)[C@@H]2CC(=O)N(c3ccc(Cl)cc3)C2)C1. The molecule has 23 heavy (non-hydrogen) atoms. The number of hydrogen-bond donors (Lipinski definition) is 1. The molecule has 2 aliphatic heterocycles. The van der Waals surface area contributed by atoms with Crippen LogP contribution in [0.25, 0.3) is 0 Å². The molecule has 1 aromatic rings. The summed E-state index contributed by atoms with van der Waals surface area (Å²) in [5.41, 5.74) is 0.722. The van der Waals surface area contributed by atoms with Crippen LogP contribution in [-0.2, 0) is 14.4 Å². The summed E-state index contributed by atoms with van der Waals surface area (Å²) in [6.07, 6.45) is 0.637. The van der Waals surface area contributed by atoms with E-state index in [1.54, 1.807) is 34.1 Å². The highest BCUT2D eigenvalue weighted by atomic mass is 35.5. The average Bonchev–Trinajstić information content (AvgIpc) is 3.14. The van der Waals surface area contributed by atoms with Gasteiger partial charge in [-0.2, -0.15) is 0 Å². The maximum Gasteiger partial charge on any atom is 0.308 e. The quantitative estimate of drug-likeness (QED) is 0.910. The van der Waals surface area contributed by atoms with Crippen LogP contribution in [0.2, 0.25) is 5.02 Å². The van der Waals surface area contributed by atoms with Gasteiger partial charge >= 0.3 is 5.97 Å². The standard InChI is InChI=1S/C16H17ClN2O4/c17-12-1-3-13(4-2-12)19-9-11(7-14(19)20)15(21)18-6-5-10(8-18)16(22)23/h1-4,10-11H,5-9H2,(H,22,23)/t10-,11-/m1/s1. The fourth-order valence-corrected chi connectivity index (χ4v) is 3.29. The molecular formula is C16H17ClN2O4.